The van der Waals surface area contributed by atoms with Gasteiger partial charge in [-0.15, -0.1) is 0 Å². The molecule has 2 aliphatic rings. The Kier molecular flexibility index (Phi) is 3.41. The van der Waals surface area contributed by atoms with Gasteiger partial charge in [-0.05, 0) is 18.9 Å². The predicted octanol–water partition coefficient (Wildman–Crippen LogP) is 1.69. The minimum atomic E-state index is -0.143. The molecule has 0 unspecified atom stereocenters. The van der Waals surface area contributed by atoms with Gasteiger partial charge in [-0.25, -0.2) is 9.97 Å². The van der Waals surface area contributed by atoms with Gasteiger partial charge in [0.05, 0.1) is 17.0 Å². The highest BCUT2D eigenvalue weighted by atomic mass is 16.2. The lowest BCUT2D eigenvalue weighted by Gasteiger charge is -2.57. The summed E-state index contributed by atoms with van der Waals surface area (Å²) in [6, 6.07) is 3.98. The second-order valence-corrected chi connectivity index (χ2v) is 6.66. The van der Waals surface area contributed by atoms with Crippen molar-refractivity contribution < 1.29 is 4.79 Å². The number of fused-ring (bicyclic) bond motifs is 1. The highest BCUT2D eigenvalue weighted by molar-refractivity contribution is 5.87. The summed E-state index contributed by atoms with van der Waals surface area (Å²) < 4.78 is 0. The number of aromatic amines is 1. The molecule has 7 nitrogen and oxygen atoms in total. The quantitative estimate of drug-likeness (QED) is 0.928. The Bertz CT molecular complexity index is 824. The summed E-state index contributed by atoms with van der Waals surface area (Å²) in [5, 5.41) is 9.87. The van der Waals surface area contributed by atoms with Crippen LogP contribution in [0.15, 0.2) is 18.6 Å². The van der Waals surface area contributed by atoms with Crippen molar-refractivity contribution in [1.82, 2.24) is 19.9 Å². The Balaban J connectivity index is 1.63. The molecule has 0 saturated carbocycles. The van der Waals surface area contributed by atoms with Crippen LogP contribution in [0.25, 0.3) is 11.0 Å². The van der Waals surface area contributed by atoms with Gasteiger partial charge in [0.25, 0.3) is 0 Å². The number of likely N-dealkylation sites (tertiary alicyclic amines) is 1. The van der Waals surface area contributed by atoms with E-state index in [-0.39, 0.29) is 17.9 Å². The summed E-state index contributed by atoms with van der Waals surface area (Å²) in [5.41, 5.74) is 0.690. The molecular weight excluding hydrogens is 304 g/mol. The van der Waals surface area contributed by atoms with Gasteiger partial charge in [0, 0.05) is 31.7 Å². The van der Waals surface area contributed by atoms with E-state index in [0.717, 1.165) is 49.3 Å². The third-order valence-corrected chi connectivity index (χ3v) is 5.64. The second-order valence-electron chi connectivity index (χ2n) is 6.66. The number of amides is 1. The van der Waals surface area contributed by atoms with E-state index >= 15 is 0 Å². The van der Waals surface area contributed by atoms with Crippen LogP contribution in [0.2, 0.25) is 0 Å². The standard InChI is InChI=1S/C17H20N6O/c1-2-12-9-23(14(24)3-6-18)17(12)5-8-22(10-17)16-13-4-7-19-15(13)20-11-21-16/h4,7,11-12H,2-3,5,8-10H2,1H3,(H,19,20,21)/t12-,17-/m0/s1. The summed E-state index contributed by atoms with van der Waals surface area (Å²) in [6.07, 6.45) is 5.39. The summed E-state index contributed by atoms with van der Waals surface area (Å²) in [7, 11) is 0. The van der Waals surface area contributed by atoms with Crippen LogP contribution in [0.3, 0.4) is 0 Å². The molecule has 1 amide bonds. The molecule has 0 radical (unpaired) electrons. The summed E-state index contributed by atoms with van der Waals surface area (Å²) in [6.45, 7) is 4.59. The molecule has 2 atom stereocenters. The fourth-order valence-corrected chi connectivity index (χ4v) is 4.36. The molecule has 2 aromatic heterocycles. The number of hydrogen-bond acceptors (Lipinski definition) is 5. The molecule has 0 aromatic carbocycles. The number of carbonyl (C=O) groups is 1. The number of aromatic nitrogens is 3. The molecule has 1 spiro atoms. The molecule has 0 aliphatic carbocycles. The Morgan fingerprint density at radius 1 is 1.54 bits per heavy atom. The molecule has 2 fully saturated rings. The van der Waals surface area contributed by atoms with Gasteiger partial charge in [0.1, 0.15) is 24.2 Å². The summed E-state index contributed by atoms with van der Waals surface area (Å²) >= 11 is 0. The molecule has 2 aliphatic heterocycles. The van der Waals surface area contributed by atoms with Gasteiger partial charge >= 0.3 is 0 Å². The number of H-pyrrole nitrogens is 1. The van der Waals surface area contributed by atoms with E-state index < -0.39 is 0 Å². The number of rotatable bonds is 3. The van der Waals surface area contributed by atoms with Crippen molar-refractivity contribution in [3.63, 3.8) is 0 Å². The van der Waals surface area contributed by atoms with Gasteiger partial charge in [-0.3, -0.25) is 4.79 Å². The minimum Gasteiger partial charge on any atom is -0.353 e. The first-order valence-electron chi connectivity index (χ1n) is 8.40. The highest BCUT2D eigenvalue weighted by Gasteiger charge is 2.57. The molecule has 2 aromatic rings. The molecule has 4 rings (SSSR count). The Hall–Kier alpha value is -2.62. The number of anilines is 1. The van der Waals surface area contributed by atoms with Crippen LogP contribution in [0.1, 0.15) is 26.2 Å². The van der Waals surface area contributed by atoms with E-state index in [0.29, 0.717) is 5.92 Å². The van der Waals surface area contributed by atoms with Crippen molar-refractivity contribution in [1.29, 1.82) is 5.26 Å². The van der Waals surface area contributed by atoms with E-state index in [1.54, 1.807) is 6.33 Å². The lowest BCUT2D eigenvalue weighted by atomic mass is 9.71. The van der Waals surface area contributed by atoms with E-state index in [1.807, 2.05) is 23.2 Å². The Labute approximate surface area is 140 Å². The lowest BCUT2D eigenvalue weighted by molar-refractivity contribution is -0.154. The van der Waals surface area contributed by atoms with Crippen molar-refractivity contribution in [3.05, 3.63) is 18.6 Å². The maximum absolute atomic E-state index is 12.3. The van der Waals surface area contributed by atoms with Crippen LogP contribution >= 0.6 is 0 Å². The van der Waals surface area contributed by atoms with Crippen molar-refractivity contribution >= 4 is 22.8 Å². The number of nitrogens with one attached hydrogen (secondary N) is 1. The summed E-state index contributed by atoms with van der Waals surface area (Å²) in [4.78, 5) is 28.4. The monoisotopic (exact) mass is 324 g/mol. The van der Waals surface area contributed by atoms with E-state index in [4.69, 9.17) is 5.26 Å². The first-order valence-corrected chi connectivity index (χ1v) is 8.40. The molecule has 2 saturated heterocycles. The van der Waals surface area contributed by atoms with Crippen molar-refractivity contribution in [2.45, 2.75) is 31.7 Å². The zero-order valence-electron chi connectivity index (χ0n) is 13.7. The van der Waals surface area contributed by atoms with E-state index in [9.17, 15) is 4.79 Å². The van der Waals surface area contributed by atoms with Crippen LogP contribution < -0.4 is 4.90 Å². The number of carbonyl (C=O) groups excluding carboxylic acids is 1. The zero-order chi connectivity index (χ0) is 16.7. The van der Waals surface area contributed by atoms with Gasteiger partial charge in [0.2, 0.25) is 5.91 Å². The first-order chi connectivity index (χ1) is 11.7. The van der Waals surface area contributed by atoms with E-state index in [1.165, 1.54) is 0 Å². The molecule has 7 heteroatoms. The van der Waals surface area contributed by atoms with Crippen LogP contribution in [-0.2, 0) is 4.79 Å². The highest BCUT2D eigenvalue weighted by Crippen LogP contribution is 2.46. The lowest BCUT2D eigenvalue weighted by Crippen LogP contribution is -2.69. The smallest absolute Gasteiger partial charge is 0.237 e. The van der Waals surface area contributed by atoms with Gasteiger partial charge in [-0.2, -0.15) is 5.26 Å². The summed E-state index contributed by atoms with van der Waals surface area (Å²) in [5.74, 6) is 1.37. The largest absolute Gasteiger partial charge is 0.353 e. The van der Waals surface area contributed by atoms with Gasteiger partial charge in [-0.1, -0.05) is 6.92 Å². The fourth-order valence-electron chi connectivity index (χ4n) is 4.36. The minimum absolute atomic E-state index is 0.0340. The van der Waals surface area contributed by atoms with Crippen molar-refractivity contribution in [2.75, 3.05) is 24.5 Å². The van der Waals surface area contributed by atoms with Crippen LogP contribution in [0.5, 0.6) is 0 Å². The van der Waals surface area contributed by atoms with Crippen molar-refractivity contribution in [2.24, 2.45) is 5.92 Å². The topological polar surface area (TPSA) is 88.9 Å². The average Bonchev–Trinajstić information content (AvgIpc) is 3.22. The van der Waals surface area contributed by atoms with Crippen LogP contribution in [0.4, 0.5) is 5.82 Å². The maximum atomic E-state index is 12.3. The molecule has 24 heavy (non-hydrogen) atoms. The van der Waals surface area contributed by atoms with E-state index in [2.05, 4.69) is 26.8 Å². The fraction of sp³-hybridized carbons (Fsp3) is 0.529. The number of nitriles is 1. The maximum Gasteiger partial charge on any atom is 0.237 e. The average molecular weight is 324 g/mol. The molecule has 1 N–H and O–H groups in total. The number of nitrogens with zero attached hydrogens (tertiary/aromatic N) is 5. The SMILES string of the molecule is CC[C@H]1CN(C(=O)CC#N)[C@]12CCN(c1ncnc3[nH]ccc13)C2. The van der Waals surface area contributed by atoms with Crippen molar-refractivity contribution in [3.8, 4) is 6.07 Å². The Morgan fingerprint density at radius 2 is 2.42 bits per heavy atom. The zero-order valence-corrected chi connectivity index (χ0v) is 13.7. The third kappa shape index (κ3) is 1.99. The predicted molar refractivity (Wildman–Crippen MR) is 89.2 cm³/mol. The van der Waals surface area contributed by atoms with Gasteiger partial charge in [0.15, 0.2) is 0 Å². The number of hydrogen-bond donors (Lipinski definition) is 1. The van der Waals surface area contributed by atoms with Gasteiger partial charge < -0.3 is 14.8 Å². The second kappa shape index (κ2) is 5.48. The third-order valence-electron chi connectivity index (χ3n) is 5.64. The van der Waals surface area contributed by atoms with Crippen LogP contribution in [-0.4, -0.2) is 50.9 Å². The molecule has 0 bridgehead atoms. The first kappa shape index (κ1) is 14.9. The molecule has 4 heterocycles. The molecule has 124 valence electrons. The Morgan fingerprint density at radius 3 is 3.21 bits per heavy atom. The van der Waals surface area contributed by atoms with Crippen LogP contribution in [0, 0.1) is 17.2 Å². The normalized spacial score (nSPS) is 25.9. The molecular formula is C17H20N6O.